The summed E-state index contributed by atoms with van der Waals surface area (Å²) in [5.41, 5.74) is 8.55. The number of likely N-dealkylation sites (tertiary alicyclic amines) is 1. The van der Waals surface area contributed by atoms with E-state index in [0.717, 1.165) is 61.6 Å². The first-order valence-corrected chi connectivity index (χ1v) is 15.0. The van der Waals surface area contributed by atoms with E-state index in [2.05, 4.69) is 106 Å². The standard InChI is InChI=1S/C34H42N6O/c1-23(2)32-29-20-26(8-11-31(29)37-33(32)28-12-15-35-34-30(28)21-36-38-34)25-13-17-40(18-14-25)22-24-6-9-27(10-7-24)41-19-5-16-39(3)4/h6-12,15,20-21,23,25,37H,5,13-14,16-19,22H2,1-4H3,(H,35,36,38). The number of ether oxygens (including phenoxy) is 1. The summed E-state index contributed by atoms with van der Waals surface area (Å²) in [7, 11) is 4.19. The Hall–Kier alpha value is -3.68. The minimum absolute atomic E-state index is 0.390. The highest BCUT2D eigenvalue weighted by molar-refractivity contribution is 5.98. The van der Waals surface area contributed by atoms with Crippen molar-refractivity contribution in [1.29, 1.82) is 0 Å². The van der Waals surface area contributed by atoms with Gasteiger partial charge >= 0.3 is 0 Å². The summed E-state index contributed by atoms with van der Waals surface area (Å²) in [6.07, 6.45) is 7.16. The van der Waals surface area contributed by atoms with Crippen LogP contribution in [0.4, 0.5) is 0 Å². The van der Waals surface area contributed by atoms with Crippen molar-refractivity contribution in [2.45, 2.75) is 51.5 Å². The fourth-order valence-electron chi connectivity index (χ4n) is 6.31. The number of hydrogen-bond acceptors (Lipinski definition) is 5. The molecule has 0 radical (unpaired) electrons. The van der Waals surface area contributed by atoms with Gasteiger partial charge < -0.3 is 14.6 Å². The molecule has 0 bridgehead atoms. The van der Waals surface area contributed by atoms with E-state index in [0.29, 0.717) is 11.8 Å². The summed E-state index contributed by atoms with van der Waals surface area (Å²) in [6.45, 7) is 9.63. The first-order valence-electron chi connectivity index (χ1n) is 15.0. The molecule has 0 unspecified atom stereocenters. The van der Waals surface area contributed by atoms with Gasteiger partial charge in [0.1, 0.15) is 5.75 Å². The van der Waals surface area contributed by atoms with Crippen LogP contribution in [0.1, 0.15) is 61.6 Å². The van der Waals surface area contributed by atoms with Crippen LogP contribution in [-0.4, -0.2) is 70.3 Å². The normalized spacial score (nSPS) is 15.1. The van der Waals surface area contributed by atoms with Crippen LogP contribution in [0.15, 0.2) is 60.9 Å². The van der Waals surface area contributed by atoms with Crippen LogP contribution in [0.5, 0.6) is 5.75 Å². The summed E-state index contributed by atoms with van der Waals surface area (Å²) < 4.78 is 5.91. The maximum Gasteiger partial charge on any atom is 0.155 e. The van der Waals surface area contributed by atoms with Crippen molar-refractivity contribution < 1.29 is 4.74 Å². The molecule has 5 aromatic rings. The summed E-state index contributed by atoms with van der Waals surface area (Å²) in [5.74, 6) is 1.95. The predicted octanol–water partition coefficient (Wildman–Crippen LogP) is 6.94. The number of aromatic amines is 2. The molecular weight excluding hydrogens is 508 g/mol. The van der Waals surface area contributed by atoms with Crippen LogP contribution in [-0.2, 0) is 6.54 Å². The van der Waals surface area contributed by atoms with Crippen LogP contribution in [0, 0.1) is 0 Å². The highest BCUT2D eigenvalue weighted by Crippen LogP contribution is 2.40. The van der Waals surface area contributed by atoms with Gasteiger partial charge in [-0.3, -0.25) is 10.00 Å². The van der Waals surface area contributed by atoms with Gasteiger partial charge in [-0.15, -0.1) is 0 Å². The molecule has 0 saturated carbocycles. The smallest absolute Gasteiger partial charge is 0.155 e. The zero-order valence-corrected chi connectivity index (χ0v) is 24.8. The molecule has 0 atom stereocenters. The van der Waals surface area contributed by atoms with Crippen molar-refractivity contribution in [2.24, 2.45) is 0 Å². The zero-order valence-electron chi connectivity index (χ0n) is 24.8. The SMILES string of the molecule is CC(C)c1c(-c2ccnc3[nH]ncc23)[nH]c2ccc(C3CCN(Cc4ccc(OCCCN(C)C)cc4)CC3)cc12. The topological polar surface area (TPSA) is 73.1 Å². The number of H-pyrrole nitrogens is 2. The molecule has 6 rings (SSSR count). The molecule has 2 aromatic carbocycles. The van der Waals surface area contributed by atoms with Gasteiger partial charge in [-0.2, -0.15) is 5.10 Å². The fraction of sp³-hybridized carbons (Fsp3) is 0.412. The van der Waals surface area contributed by atoms with Gasteiger partial charge in [0.25, 0.3) is 0 Å². The second-order valence-corrected chi connectivity index (χ2v) is 12.1. The van der Waals surface area contributed by atoms with Crippen LogP contribution in [0.2, 0.25) is 0 Å². The van der Waals surface area contributed by atoms with E-state index >= 15 is 0 Å². The van der Waals surface area contributed by atoms with E-state index in [9.17, 15) is 0 Å². The minimum atomic E-state index is 0.390. The van der Waals surface area contributed by atoms with Gasteiger partial charge in [-0.1, -0.05) is 32.0 Å². The van der Waals surface area contributed by atoms with Gasteiger partial charge in [-0.25, -0.2) is 4.98 Å². The van der Waals surface area contributed by atoms with E-state index in [1.807, 2.05) is 12.4 Å². The largest absolute Gasteiger partial charge is 0.494 e. The van der Waals surface area contributed by atoms with Crippen LogP contribution < -0.4 is 4.74 Å². The molecule has 214 valence electrons. The second kappa shape index (κ2) is 12.0. The number of nitrogens with zero attached hydrogens (tertiary/aromatic N) is 4. The van der Waals surface area contributed by atoms with Crippen molar-refractivity contribution in [3.05, 3.63) is 77.6 Å². The highest BCUT2D eigenvalue weighted by Gasteiger charge is 2.23. The number of piperidine rings is 1. The average molecular weight is 551 g/mol. The Balaban J connectivity index is 1.12. The fourth-order valence-corrected chi connectivity index (χ4v) is 6.31. The molecule has 0 spiro atoms. The molecule has 1 fully saturated rings. The van der Waals surface area contributed by atoms with Crippen molar-refractivity contribution in [1.82, 2.24) is 30.0 Å². The molecule has 7 nitrogen and oxygen atoms in total. The first kappa shape index (κ1) is 27.5. The summed E-state index contributed by atoms with van der Waals surface area (Å²) in [6, 6.07) is 17.8. The molecule has 2 N–H and O–H groups in total. The average Bonchev–Trinajstić information content (AvgIpc) is 3.61. The van der Waals surface area contributed by atoms with Crippen LogP contribution >= 0.6 is 0 Å². The number of hydrogen-bond donors (Lipinski definition) is 2. The molecule has 0 amide bonds. The van der Waals surface area contributed by atoms with Crippen LogP contribution in [0.25, 0.3) is 33.2 Å². The molecule has 41 heavy (non-hydrogen) atoms. The van der Waals surface area contributed by atoms with Gasteiger partial charge in [0.05, 0.1) is 18.5 Å². The van der Waals surface area contributed by atoms with E-state index < -0.39 is 0 Å². The van der Waals surface area contributed by atoms with E-state index in [1.54, 1.807) is 0 Å². The third kappa shape index (κ3) is 6.02. The molecule has 1 saturated heterocycles. The van der Waals surface area contributed by atoms with Crippen molar-refractivity contribution in [2.75, 3.05) is 40.3 Å². The minimum Gasteiger partial charge on any atom is -0.494 e. The summed E-state index contributed by atoms with van der Waals surface area (Å²) >= 11 is 0. The molecular formula is C34H42N6O. The molecule has 4 heterocycles. The number of benzene rings is 2. The van der Waals surface area contributed by atoms with E-state index in [-0.39, 0.29) is 0 Å². The lowest BCUT2D eigenvalue weighted by molar-refractivity contribution is 0.204. The monoisotopic (exact) mass is 550 g/mol. The van der Waals surface area contributed by atoms with E-state index in [4.69, 9.17) is 4.74 Å². The Morgan fingerprint density at radius 1 is 1.02 bits per heavy atom. The number of pyridine rings is 1. The lowest BCUT2D eigenvalue weighted by Crippen LogP contribution is -2.32. The predicted molar refractivity (Wildman–Crippen MR) is 168 cm³/mol. The summed E-state index contributed by atoms with van der Waals surface area (Å²) in [4.78, 5) is 13.0. The maximum atomic E-state index is 5.91. The number of nitrogens with one attached hydrogen (secondary N) is 2. The lowest BCUT2D eigenvalue weighted by Gasteiger charge is -2.32. The Morgan fingerprint density at radius 2 is 1.83 bits per heavy atom. The van der Waals surface area contributed by atoms with Crippen LogP contribution in [0.3, 0.4) is 0 Å². The Morgan fingerprint density at radius 3 is 2.59 bits per heavy atom. The molecule has 7 heteroatoms. The van der Waals surface area contributed by atoms with Gasteiger partial charge in [0.15, 0.2) is 5.65 Å². The Kier molecular flexibility index (Phi) is 8.08. The second-order valence-electron chi connectivity index (χ2n) is 12.1. The number of aromatic nitrogens is 4. The highest BCUT2D eigenvalue weighted by atomic mass is 16.5. The van der Waals surface area contributed by atoms with Gasteiger partial charge in [-0.05, 0) is 105 Å². The molecule has 0 aliphatic carbocycles. The summed E-state index contributed by atoms with van der Waals surface area (Å²) in [5, 5.41) is 9.64. The first-order chi connectivity index (χ1) is 20.0. The third-order valence-corrected chi connectivity index (χ3v) is 8.47. The number of rotatable bonds is 10. The van der Waals surface area contributed by atoms with Crippen molar-refractivity contribution in [3.8, 4) is 17.0 Å². The number of fused-ring (bicyclic) bond motifs is 2. The zero-order chi connectivity index (χ0) is 28.3. The van der Waals surface area contributed by atoms with Crippen molar-refractivity contribution in [3.63, 3.8) is 0 Å². The van der Waals surface area contributed by atoms with Gasteiger partial charge in [0.2, 0.25) is 0 Å². The van der Waals surface area contributed by atoms with Crippen molar-refractivity contribution >= 4 is 21.9 Å². The lowest BCUT2D eigenvalue weighted by atomic mass is 9.87. The molecule has 1 aliphatic heterocycles. The third-order valence-electron chi connectivity index (χ3n) is 8.47. The molecule has 3 aromatic heterocycles. The van der Waals surface area contributed by atoms with Gasteiger partial charge in [0, 0.05) is 41.1 Å². The molecule has 1 aliphatic rings. The van der Waals surface area contributed by atoms with E-state index in [1.165, 1.54) is 46.1 Å². The Labute approximate surface area is 242 Å². The maximum absolute atomic E-state index is 5.91. The Bertz CT molecular complexity index is 1590. The quantitative estimate of drug-likeness (QED) is 0.184.